The van der Waals surface area contributed by atoms with Crippen molar-refractivity contribution in [3.05, 3.63) is 35.8 Å². The normalized spacial score (nSPS) is 10.4. The summed E-state index contributed by atoms with van der Waals surface area (Å²) in [6.45, 7) is 5.75. The van der Waals surface area contributed by atoms with E-state index < -0.39 is 0 Å². The standard InChI is InChI=1S/C17H22N4O3/c1-10(2)18-16-9-14(19-11(3)20-16)17(22)21-13-7-6-12(23-4)8-15(13)24-5/h6-10H,1-5H3,(H,21,22)(H,18,19,20). The lowest BCUT2D eigenvalue weighted by molar-refractivity contribution is 0.102. The second kappa shape index (κ2) is 7.63. The quantitative estimate of drug-likeness (QED) is 0.847. The van der Waals surface area contributed by atoms with Gasteiger partial charge in [-0.25, -0.2) is 9.97 Å². The summed E-state index contributed by atoms with van der Waals surface area (Å²) in [5.74, 6) is 1.95. The number of carbonyl (C=O) groups excluding carboxylic acids is 1. The maximum Gasteiger partial charge on any atom is 0.274 e. The van der Waals surface area contributed by atoms with E-state index in [0.29, 0.717) is 28.8 Å². The van der Waals surface area contributed by atoms with E-state index in [1.54, 1.807) is 38.3 Å². The van der Waals surface area contributed by atoms with Crippen molar-refractivity contribution in [2.24, 2.45) is 0 Å². The van der Waals surface area contributed by atoms with Gasteiger partial charge >= 0.3 is 0 Å². The molecule has 128 valence electrons. The van der Waals surface area contributed by atoms with E-state index in [0.717, 1.165) is 0 Å². The van der Waals surface area contributed by atoms with Gasteiger partial charge < -0.3 is 20.1 Å². The summed E-state index contributed by atoms with van der Waals surface area (Å²) < 4.78 is 10.4. The topological polar surface area (TPSA) is 85.4 Å². The Balaban J connectivity index is 2.25. The molecule has 2 rings (SSSR count). The fourth-order valence-corrected chi connectivity index (χ4v) is 2.14. The number of ether oxygens (including phenoxy) is 2. The van der Waals surface area contributed by atoms with Crippen LogP contribution >= 0.6 is 0 Å². The van der Waals surface area contributed by atoms with E-state index in [4.69, 9.17) is 9.47 Å². The van der Waals surface area contributed by atoms with Crippen LogP contribution in [0, 0.1) is 6.92 Å². The van der Waals surface area contributed by atoms with Crippen LogP contribution in [-0.2, 0) is 0 Å². The van der Waals surface area contributed by atoms with Gasteiger partial charge in [-0.2, -0.15) is 0 Å². The van der Waals surface area contributed by atoms with Gasteiger partial charge in [0, 0.05) is 18.2 Å². The van der Waals surface area contributed by atoms with Crippen LogP contribution in [0.2, 0.25) is 0 Å². The third-order valence-corrected chi connectivity index (χ3v) is 3.16. The first-order valence-corrected chi connectivity index (χ1v) is 7.58. The highest BCUT2D eigenvalue weighted by Gasteiger charge is 2.14. The number of hydrogen-bond donors (Lipinski definition) is 2. The molecule has 0 radical (unpaired) electrons. The van der Waals surface area contributed by atoms with Crippen LogP contribution in [0.1, 0.15) is 30.2 Å². The largest absolute Gasteiger partial charge is 0.497 e. The second-order valence-electron chi connectivity index (χ2n) is 5.51. The van der Waals surface area contributed by atoms with Crippen molar-refractivity contribution >= 4 is 17.4 Å². The molecule has 0 aliphatic heterocycles. The first-order valence-electron chi connectivity index (χ1n) is 7.58. The average Bonchev–Trinajstić information content (AvgIpc) is 2.53. The van der Waals surface area contributed by atoms with Gasteiger partial charge in [-0.05, 0) is 32.9 Å². The smallest absolute Gasteiger partial charge is 0.274 e. The Morgan fingerprint density at radius 3 is 2.50 bits per heavy atom. The van der Waals surface area contributed by atoms with Gasteiger partial charge in [-0.3, -0.25) is 4.79 Å². The highest BCUT2D eigenvalue weighted by Crippen LogP contribution is 2.29. The van der Waals surface area contributed by atoms with E-state index in [1.807, 2.05) is 13.8 Å². The third-order valence-electron chi connectivity index (χ3n) is 3.16. The maximum atomic E-state index is 12.5. The second-order valence-corrected chi connectivity index (χ2v) is 5.51. The van der Waals surface area contributed by atoms with Gasteiger partial charge in [-0.15, -0.1) is 0 Å². The average molecular weight is 330 g/mol. The number of benzene rings is 1. The molecule has 7 heteroatoms. The number of aryl methyl sites for hydroxylation is 1. The molecule has 0 aliphatic rings. The summed E-state index contributed by atoms with van der Waals surface area (Å²) in [7, 11) is 3.10. The maximum absolute atomic E-state index is 12.5. The Kier molecular flexibility index (Phi) is 5.57. The van der Waals surface area contributed by atoms with Crippen molar-refractivity contribution < 1.29 is 14.3 Å². The highest BCUT2D eigenvalue weighted by molar-refractivity contribution is 6.04. The Hall–Kier alpha value is -2.83. The molecule has 1 aromatic heterocycles. The van der Waals surface area contributed by atoms with Crippen molar-refractivity contribution in [1.82, 2.24) is 9.97 Å². The van der Waals surface area contributed by atoms with E-state index in [2.05, 4.69) is 20.6 Å². The monoisotopic (exact) mass is 330 g/mol. The molecule has 0 unspecified atom stereocenters. The number of aromatic nitrogens is 2. The van der Waals surface area contributed by atoms with Crippen molar-refractivity contribution in [2.45, 2.75) is 26.8 Å². The Morgan fingerprint density at radius 1 is 1.12 bits per heavy atom. The van der Waals surface area contributed by atoms with Crippen LogP contribution in [0.25, 0.3) is 0 Å². The number of amides is 1. The molecule has 0 bridgehead atoms. The minimum atomic E-state index is -0.337. The fraction of sp³-hybridized carbons (Fsp3) is 0.353. The van der Waals surface area contributed by atoms with Crippen LogP contribution in [0.5, 0.6) is 11.5 Å². The van der Waals surface area contributed by atoms with Gasteiger partial charge in [0.2, 0.25) is 0 Å². The summed E-state index contributed by atoms with van der Waals surface area (Å²) in [5.41, 5.74) is 0.821. The molecule has 0 saturated heterocycles. The zero-order valence-corrected chi connectivity index (χ0v) is 14.5. The van der Waals surface area contributed by atoms with Crippen LogP contribution in [0.3, 0.4) is 0 Å². The predicted octanol–water partition coefficient (Wildman–Crippen LogP) is 2.87. The number of rotatable bonds is 6. The number of nitrogens with zero attached hydrogens (tertiary/aromatic N) is 2. The molecule has 0 fully saturated rings. The Labute approximate surface area is 141 Å². The molecule has 1 amide bonds. The predicted molar refractivity (Wildman–Crippen MR) is 93.0 cm³/mol. The molecule has 0 aliphatic carbocycles. The summed E-state index contributed by atoms with van der Waals surface area (Å²) in [6, 6.07) is 6.99. The molecule has 0 saturated carbocycles. The van der Waals surface area contributed by atoms with E-state index in [-0.39, 0.29) is 17.6 Å². The van der Waals surface area contributed by atoms with Crippen molar-refractivity contribution in [1.29, 1.82) is 0 Å². The molecule has 24 heavy (non-hydrogen) atoms. The number of carbonyl (C=O) groups is 1. The summed E-state index contributed by atoms with van der Waals surface area (Å²) in [5, 5.41) is 5.97. The summed E-state index contributed by atoms with van der Waals surface area (Å²) in [4.78, 5) is 21.0. The Morgan fingerprint density at radius 2 is 1.88 bits per heavy atom. The first kappa shape index (κ1) is 17.5. The molecular formula is C17H22N4O3. The van der Waals surface area contributed by atoms with E-state index >= 15 is 0 Å². The minimum absolute atomic E-state index is 0.205. The van der Waals surface area contributed by atoms with Crippen LogP contribution in [0.15, 0.2) is 24.3 Å². The van der Waals surface area contributed by atoms with Gasteiger partial charge in [-0.1, -0.05) is 0 Å². The Bertz CT molecular complexity index is 732. The summed E-state index contributed by atoms with van der Waals surface area (Å²) >= 11 is 0. The number of anilines is 2. The lowest BCUT2D eigenvalue weighted by Gasteiger charge is -2.13. The summed E-state index contributed by atoms with van der Waals surface area (Å²) in [6.07, 6.45) is 0. The highest BCUT2D eigenvalue weighted by atomic mass is 16.5. The lowest BCUT2D eigenvalue weighted by atomic mass is 10.2. The molecular weight excluding hydrogens is 308 g/mol. The van der Waals surface area contributed by atoms with Crippen LogP contribution in [0.4, 0.5) is 11.5 Å². The minimum Gasteiger partial charge on any atom is -0.497 e. The number of nitrogens with one attached hydrogen (secondary N) is 2. The van der Waals surface area contributed by atoms with E-state index in [1.165, 1.54) is 7.11 Å². The molecule has 1 aromatic carbocycles. The van der Waals surface area contributed by atoms with Gasteiger partial charge in [0.1, 0.15) is 28.8 Å². The lowest BCUT2D eigenvalue weighted by Crippen LogP contribution is -2.18. The molecule has 2 aromatic rings. The first-order chi connectivity index (χ1) is 11.4. The van der Waals surface area contributed by atoms with Crippen molar-refractivity contribution in [3.63, 3.8) is 0 Å². The zero-order chi connectivity index (χ0) is 17.7. The number of methoxy groups -OCH3 is 2. The van der Waals surface area contributed by atoms with Crippen LogP contribution in [-0.4, -0.2) is 36.1 Å². The third kappa shape index (κ3) is 4.34. The SMILES string of the molecule is COc1ccc(NC(=O)c2cc(NC(C)C)nc(C)n2)c(OC)c1. The molecule has 1 heterocycles. The molecule has 0 atom stereocenters. The van der Waals surface area contributed by atoms with Crippen molar-refractivity contribution in [2.75, 3.05) is 24.9 Å². The van der Waals surface area contributed by atoms with E-state index in [9.17, 15) is 4.79 Å². The molecule has 0 spiro atoms. The van der Waals surface area contributed by atoms with Gasteiger partial charge in [0.15, 0.2) is 0 Å². The van der Waals surface area contributed by atoms with Gasteiger partial charge in [0.05, 0.1) is 19.9 Å². The molecule has 7 nitrogen and oxygen atoms in total. The molecule has 2 N–H and O–H groups in total. The number of hydrogen-bond acceptors (Lipinski definition) is 6. The zero-order valence-electron chi connectivity index (χ0n) is 14.5. The van der Waals surface area contributed by atoms with Crippen molar-refractivity contribution in [3.8, 4) is 11.5 Å². The van der Waals surface area contributed by atoms with Gasteiger partial charge in [0.25, 0.3) is 5.91 Å². The fourth-order valence-electron chi connectivity index (χ4n) is 2.14. The van der Waals surface area contributed by atoms with Crippen LogP contribution < -0.4 is 20.1 Å².